The number of nitrogens with zero attached hydrogens (tertiary/aromatic N) is 3. The van der Waals surface area contributed by atoms with Crippen molar-refractivity contribution in [3.8, 4) is 0 Å². The Bertz CT molecular complexity index is 1040. The molecule has 35 heavy (non-hydrogen) atoms. The van der Waals surface area contributed by atoms with Gasteiger partial charge in [0.1, 0.15) is 9.75 Å². The number of primary amides is 1. The molecule has 10 nitrogen and oxygen atoms in total. The standard InChI is InChI=1S/C23H38N8O2S2/c1-7-15(11(2)3)28-12(4)17-20(35-13(5)29-17)22(33)31-16(9-8-10-27-23(25)26)18-19(21(24)32)34-14(6)30-18/h11-12,15-16,28H,7-10H2,1-6H3,(H2,24,32)(H,31,33)(H4,25,26,27)/t12-,15?,16-/m0/s1. The van der Waals surface area contributed by atoms with Crippen LogP contribution in [0.5, 0.6) is 0 Å². The van der Waals surface area contributed by atoms with Crippen LogP contribution >= 0.6 is 22.7 Å². The van der Waals surface area contributed by atoms with Crippen molar-refractivity contribution in [3.05, 3.63) is 31.2 Å². The molecule has 2 aromatic heterocycles. The van der Waals surface area contributed by atoms with Crippen molar-refractivity contribution in [2.24, 2.45) is 28.1 Å². The molecule has 2 rings (SSSR count). The minimum absolute atomic E-state index is 0.00552. The summed E-state index contributed by atoms with van der Waals surface area (Å²) in [5.41, 5.74) is 17.6. The van der Waals surface area contributed by atoms with Gasteiger partial charge in [-0.1, -0.05) is 20.8 Å². The number of nitrogens with two attached hydrogens (primary N) is 3. The highest BCUT2D eigenvalue weighted by atomic mass is 32.1. The lowest BCUT2D eigenvalue weighted by Crippen LogP contribution is -2.36. The number of carbonyl (C=O) groups is 2. The van der Waals surface area contributed by atoms with Gasteiger partial charge in [0, 0.05) is 18.6 Å². The van der Waals surface area contributed by atoms with E-state index in [4.69, 9.17) is 17.2 Å². The Balaban J connectivity index is 2.33. The zero-order valence-corrected chi connectivity index (χ0v) is 23.0. The van der Waals surface area contributed by atoms with Gasteiger partial charge in [-0.25, -0.2) is 9.97 Å². The zero-order chi connectivity index (χ0) is 26.3. The van der Waals surface area contributed by atoms with Crippen LogP contribution in [-0.4, -0.2) is 40.3 Å². The molecule has 0 aliphatic rings. The molecule has 0 saturated carbocycles. The molecular formula is C23H38N8O2S2. The quantitative estimate of drug-likeness (QED) is 0.153. The van der Waals surface area contributed by atoms with Crippen LogP contribution in [0.3, 0.4) is 0 Å². The molecule has 0 radical (unpaired) electrons. The van der Waals surface area contributed by atoms with E-state index in [9.17, 15) is 9.59 Å². The van der Waals surface area contributed by atoms with Crippen LogP contribution in [0.1, 0.15) is 99.8 Å². The highest BCUT2D eigenvalue weighted by molar-refractivity contribution is 7.14. The first-order chi connectivity index (χ1) is 16.4. The number of aliphatic imine (C=N–C) groups is 1. The number of hydrogen-bond donors (Lipinski definition) is 5. The molecule has 0 spiro atoms. The summed E-state index contributed by atoms with van der Waals surface area (Å²) in [5, 5.41) is 8.19. The summed E-state index contributed by atoms with van der Waals surface area (Å²) < 4.78 is 0. The van der Waals surface area contributed by atoms with Crippen LogP contribution < -0.4 is 27.8 Å². The monoisotopic (exact) mass is 522 g/mol. The van der Waals surface area contributed by atoms with Gasteiger partial charge in [-0.3, -0.25) is 14.6 Å². The molecule has 0 aliphatic heterocycles. The number of guanidine groups is 1. The van der Waals surface area contributed by atoms with Gasteiger partial charge in [0.2, 0.25) is 0 Å². The molecule has 2 heterocycles. The SMILES string of the molecule is CCC(N[C@@H](C)c1nc(C)sc1C(=O)N[C@@H](CCCN=C(N)N)c1nc(C)sc1C(N)=O)C(C)C. The third-order valence-electron chi connectivity index (χ3n) is 5.65. The first-order valence-electron chi connectivity index (χ1n) is 11.8. The summed E-state index contributed by atoms with van der Waals surface area (Å²) in [5.74, 6) is -0.370. The molecule has 8 N–H and O–H groups in total. The molecule has 0 aliphatic carbocycles. The van der Waals surface area contributed by atoms with Gasteiger partial charge in [0.05, 0.1) is 27.4 Å². The largest absolute Gasteiger partial charge is 0.370 e. The molecule has 2 aromatic rings. The van der Waals surface area contributed by atoms with E-state index in [1.165, 1.54) is 22.7 Å². The topological polar surface area (TPSA) is 174 Å². The second kappa shape index (κ2) is 12.9. The van der Waals surface area contributed by atoms with E-state index in [0.29, 0.717) is 57.5 Å². The van der Waals surface area contributed by atoms with Crippen molar-refractivity contribution >= 4 is 40.4 Å². The van der Waals surface area contributed by atoms with Crippen molar-refractivity contribution in [3.63, 3.8) is 0 Å². The lowest BCUT2D eigenvalue weighted by Gasteiger charge is -2.25. The average molecular weight is 523 g/mol. The lowest BCUT2D eigenvalue weighted by atomic mass is 10.00. The molecule has 12 heteroatoms. The van der Waals surface area contributed by atoms with Crippen LogP contribution in [0.25, 0.3) is 0 Å². The fourth-order valence-corrected chi connectivity index (χ4v) is 5.69. The van der Waals surface area contributed by atoms with Gasteiger partial charge >= 0.3 is 0 Å². The molecule has 0 fully saturated rings. The zero-order valence-electron chi connectivity index (χ0n) is 21.3. The molecule has 194 valence electrons. The third-order valence-corrected chi connectivity index (χ3v) is 7.64. The molecule has 0 aromatic carbocycles. The van der Waals surface area contributed by atoms with Gasteiger partial charge in [-0.2, -0.15) is 0 Å². The molecule has 1 unspecified atom stereocenters. The van der Waals surface area contributed by atoms with Crippen molar-refractivity contribution < 1.29 is 9.59 Å². The van der Waals surface area contributed by atoms with Crippen molar-refractivity contribution in [1.29, 1.82) is 0 Å². The van der Waals surface area contributed by atoms with E-state index in [1.54, 1.807) is 6.92 Å². The van der Waals surface area contributed by atoms with Crippen LogP contribution in [0.2, 0.25) is 0 Å². The number of carbonyl (C=O) groups excluding carboxylic acids is 2. The maximum absolute atomic E-state index is 13.5. The number of aryl methyl sites for hydroxylation is 2. The van der Waals surface area contributed by atoms with Gasteiger partial charge in [-0.05, 0) is 46.0 Å². The fourth-order valence-electron chi connectivity index (χ4n) is 3.94. The average Bonchev–Trinajstić information content (AvgIpc) is 3.36. The second-order valence-corrected chi connectivity index (χ2v) is 11.3. The predicted molar refractivity (Wildman–Crippen MR) is 143 cm³/mol. The third kappa shape index (κ3) is 7.97. The maximum Gasteiger partial charge on any atom is 0.263 e. The molecule has 2 amide bonds. The predicted octanol–water partition coefficient (Wildman–Crippen LogP) is 2.93. The number of amides is 2. The van der Waals surface area contributed by atoms with Gasteiger partial charge in [-0.15, -0.1) is 22.7 Å². The number of nitrogens with one attached hydrogen (secondary N) is 2. The Kier molecular flexibility index (Phi) is 10.6. The summed E-state index contributed by atoms with van der Waals surface area (Å²) in [4.78, 5) is 39.6. The van der Waals surface area contributed by atoms with E-state index in [1.807, 2.05) is 13.8 Å². The van der Waals surface area contributed by atoms with E-state index < -0.39 is 11.9 Å². The Labute approximate surface area is 215 Å². The molecule has 0 saturated heterocycles. The van der Waals surface area contributed by atoms with Crippen LogP contribution in [0.15, 0.2) is 4.99 Å². The number of aromatic nitrogens is 2. The molecular weight excluding hydrogens is 484 g/mol. The Morgan fingerprint density at radius 1 is 1.00 bits per heavy atom. The fraction of sp³-hybridized carbons (Fsp3) is 0.609. The summed E-state index contributed by atoms with van der Waals surface area (Å²) in [6.07, 6.45) is 2.04. The smallest absolute Gasteiger partial charge is 0.263 e. The van der Waals surface area contributed by atoms with Gasteiger partial charge < -0.3 is 27.8 Å². The number of thiazole rings is 2. The summed E-state index contributed by atoms with van der Waals surface area (Å²) in [7, 11) is 0. The highest BCUT2D eigenvalue weighted by Crippen LogP contribution is 2.29. The van der Waals surface area contributed by atoms with Crippen LogP contribution in [0.4, 0.5) is 0 Å². The van der Waals surface area contributed by atoms with Crippen molar-refractivity contribution in [2.45, 2.75) is 78.9 Å². The minimum Gasteiger partial charge on any atom is -0.370 e. The Morgan fingerprint density at radius 2 is 1.60 bits per heavy atom. The summed E-state index contributed by atoms with van der Waals surface area (Å²) in [6.45, 7) is 12.6. The molecule has 0 bridgehead atoms. The van der Waals surface area contributed by atoms with E-state index in [0.717, 1.165) is 11.4 Å². The molecule has 3 atom stereocenters. The number of rotatable bonds is 13. The lowest BCUT2D eigenvalue weighted by molar-refractivity contribution is 0.0930. The second-order valence-electron chi connectivity index (χ2n) is 8.88. The first-order valence-corrected chi connectivity index (χ1v) is 13.4. The normalized spacial score (nSPS) is 13.9. The Hall–Kier alpha value is -2.57. The highest BCUT2D eigenvalue weighted by Gasteiger charge is 2.28. The number of hydrogen-bond acceptors (Lipinski definition) is 8. The van der Waals surface area contributed by atoms with Gasteiger partial charge in [0.15, 0.2) is 5.96 Å². The van der Waals surface area contributed by atoms with E-state index in [2.05, 4.69) is 46.4 Å². The van der Waals surface area contributed by atoms with Crippen molar-refractivity contribution in [2.75, 3.05) is 6.54 Å². The Morgan fingerprint density at radius 3 is 2.14 bits per heavy atom. The van der Waals surface area contributed by atoms with Gasteiger partial charge in [0.25, 0.3) is 11.8 Å². The van der Waals surface area contributed by atoms with E-state index in [-0.39, 0.29) is 17.9 Å². The van der Waals surface area contributed by atoms with Crippen LogP contribution in [-0.2, 0) is 0 Å². The minimum atomic E-state index is -0.569. The van der Waals surface area contributed by atoms with Crippen LogP contribution in [0, 0.1) is 19.8 Å². The first kappa shape index (κ1) is 28.7. The summed E-state index contributed by atoms with van der Waals surface area (Å²) in [6, 6.07) is -0.319. The maximum atomic E-state index is 13.5. The van der Waals surface area contributed by atoms with E-state index >= 15 is 0 Å². The van der Waals surface area contributed by atoms with Crippen molar-refractivity contribution in [1.82, 2.24) is 20.6 Å². The summed E-state index contributed by atoms with van der Waals surface area (Å²) >= 11 is 2.57.